The van der Waals surface area contributed by atoms with Crippen LogP contribution in [0.3, 0.4) is 0 Å². The maximum atomic E-state index is 15.2. The van der Waals surface area contributed by atoms with Crippen molar-refractivity contribution in [2.45, 2.75) is 19.3 Å². The van der Waals surface area contributed by atoms with Crippen molar-refractivity contribution >= 4 is 23.1 Å². The monoisotopic (exact) mass is 493 g/mol. The summed E-state index contributed by atoms with van der Waals surface area (Å²) in [7, 11) is 1.57. The highest BCUT2D eigenvalue weighted by Crippen LogP contribution is 2.38. The Balaban J connectivity index is 1.39. The lowest BCUT2D eigenvalue weighted by atomic mass is 9.85. The molecule has 0 amide bonds. The van der Waals surface area contributed by atoms with Crippen molar-refractivity contribution in [3.63, 3.8) is 0 Å². The molecule has 3 aromatic rings. The Hall–Kier alpha value is -3.50. The number of fused-ring (bicyclic) bond motifs is 1. The zero-order valence-electron chi connectivity index (χ0n) is 20.9. The number of hydrogen-bond donors (Lipinski definition) is 3. The van der Waals surface area contributed by atoms with E-state index in [1.807, 2.05) is 13.0 Å². The molecule has 0 aliphatic carbocycles. The van der Waals surface area contributed by atoms with Gasteiger partial charge in [-0.2, -0.15) is 0 Å². The molecule has 0 saturated carbocycles. The van der Waals surface area contributed by atoms with Crippen LogP contribution in [-0.4, -0.2) is 77.9 Å². The molecule has 1 atom stereocenters. The maximum Gasteiger partial charge on any atom is 0.227 e. The fourth-order valence-corrected chi connectivity index (χ4v) is 4.78. The van der Waals surface area contributed by atoms with Crippen LogP contribution in [0.25, 0.3) is 11.3 Å². The molecule has 9 nitrogen and oxygen atoms in total. The van der Waals surface area contributed by atoms with Gasteiger partial charge >= 0.3 is 0 Å². The SMILES string of the molecule is CCN1CCN(c2cc(OC)c(Nc3nccc(-c4cnc5c(c4)C(C)(CO)CN5)n3)cc2F)CC1. The molecule has 1 saturated heterocycles. The van der Waals surface area contributed by atoms with E-state index in [0.29, 0.717) is 35.3 Å². The summed E-state index contributed by atoms with van der Waals surface area (Å²) in [6.45, 7) is 9.14. The third kappa shape index (κ3) is 4.54. The molecule has 10 heteroatoms. The van der Waals surface area contributed by atoms with Gasteiger partial charge in [-0.3, -0.25) is 0 Å². The van der Waals surface area contributed by atoms with Gasteiger partial charge in [-0.05, 0) is 18.7 Å². The maximum absolute atomic E-state index is 15.2. The number of rotatable bonds is 7. The number of aliphatic hydroxyl groups excluding tert-OH is 1. The second kappa shape index (κ2) is 9.87. The summed E-state index contributed by atoms with van der Waals surface area (Å²) >= 11 is 0. The summed E-state index contributed by atoms with van der Waals surface area (Å²) in [5, 5.41) is 16.2. The first kappa shape index (κ1) is 24.2. The van der Waals surface area contributed by atoms with Crippen molar-refractivity contribution in [3.8, 4) is 17.0 Å². The van der Waals surface area contributed by atoms with Crippen molar-refractivity contribution < 1.29 is 14.2 Å². The number of likely N-dealkylation sites (N-methyl/N-ethyl adjacent to an activating group) is 1. The van der Waals surface area contributed by atoms with Crippen LogP contribution < -0.4 is 20.3 Å². The van der Waals surface area contributed by atoms with Gasteiger partial charge in [0.2, 0.25) is 5.95 Å². The minimum absolute atomic E-state index is 0.0182. The molecule has 2 aliphatic heterocycles. The Labute approximate surface area is 210 Å². The molecule has 0 spiro atoms. The highest BCUT2D eigenvalue weighted by Gasteiger charge is 2.35. The third-order valence-electron chi connectivity index (χ3n) is 7.16. The summed E-state index contributed by atoms with van der Waals surface area (Å²) in [6.07, 6.45) is 3.39. The minimum Gasteiger partial charge on any atom is -0.494 e. The van der Waals surface area contributed by atoms with E-state index in [-0.39, 0.29) is 12.4 Å². The number of benzene rings is 1. The van der Waals surface area contributed by atoms with Crippen LogP contribution in [0.5, 0.6) is 5.75 Å². The zero-order chi connectivity index (χ0) is 25.3. The van der Waals surface area contributed by atoms with Gasteiger partial charge < -0.3 is 30.3 Å². The number of piperazine rings is 1. The molecule has 2 aromatic heterocycles. The lowest BCUT2D eigenvalue weighted by Crippen LogP contribution is -2.46. The van der Waals surface area contributed by atoms with E-state index >= 15 is 4.39 Å². The predicted octanol–water partition coefficient (Wildman–Crippen LogP) is 3.25. The van der Waals surface area contributed by atoms with Crippen LogP contribution >= 0.6 is 0 Å². The van der Waals surface area contributed by atoms with Gasteiger partial charge in [0.1, 0.15) is 17.4 Å². The summed E-state index contributed by atoms with van der Waals surface area (Å²) in [6, 6.07) is 6.96. The van der Waals surface area contributed by atoms with E-state index in [2.05, 4.69) is 42.3 Å². The molecule has 1 fully saturated rings. The second-order valence-electron chi connectivity index (χ2n) is 9.51. The summed E-state index contributed by atoms with van der Waals surface area (Å²) in [5.74, 6) is 1.29. The minimum atomic E-state index is -0.401. The van der Waals surface area contributed by atoms with E-state index in [4.69, 9.17) is 4.74 Å². The van der Waals surface area contributed by atoms with Crippen molar-refractivity contribution in [2.75, 3.05) is 68.5 Å². The number of nitrogens with one attached hydrogen (secondary N) is 2. The molecule has 36 heavy (non-hydrogen) atoms. The number of methoxy groups -OCH3 is 1. The van der Waals surface area contributed by atoms with Crippen LogP contribution in [0.2, 0.25) is 0 Å². The number of halogens is 1. The van der Waals surface area contributed by atoms with E-state index in [1.165, 1.54) is 6.07 Å². The molecule has 5 rings (SSSR count). The molecular weight excluding hydrogens is 461 g/mol. The molecule has 2 aliphatic rings. The van der Waals surface area contributed by atoms with Gasteiger partial charge in [-0.1, -0.05) is 13.8 Å². The Kier molecular flexibility index (Phi) is 6.63. The number of pyridine rings is 1. The molecule has 1 unspecified atom stereocenters. The summed E-state index contributed by atoms with van der Waals surface area (Å²) < 4.78 is 20.8. The van der Waals surface area contributed by atoms with E-state index in [0.717, 1.165) is 49.7 Å². The fourth-order valence-electron chi connectivity index (χ4n) is 4.78. The molecule has 3 N–H and O–H groups in total. The van der Waals surface area contributed by atoms with Gasteiger partial charge in [0.15, 0.2) is 0 Å². The molecular formula is C26H32FN7O2. The second-order valence-corrected chi connectivity index (χ2v) is 9.51. The molecule has 190 valence electrons. The van der Waals surface area contributed by atoms with Gasteiger partial charge in [-0.25, -0.2) is 19.3 Å². The van der Waals surface area contributed by atoms with Gasteiger partial charge in [0, 0.05) is 73.8 Å². The average molecular weight is 494 g/mol. The van der Waals surface area contributed by atoms with Gasteiger partial charge in [0.05, 0.1) is 30.8 Å². The first-order chi connectivity index (χ1) is 17.4. The lowest BCUT2D eigenvalue weighted by molar-refractivity contribution is 0.218. The number of nitrogens with zero attached hydrogens (tertiary/aromatic N) is 5. The number of aliphatic hydroxyl groups is 1. The first-order valence-electron chi connectivity index (χ1n) is 12.2. The Morgan fingerprint density at radius 1 is 1.19 bits per heavy atom. The topological polar surface area (TPSA) is 98.7 Å². The Morgan fingerprint density at radius 3 is 2.72 bits per heavy atom. The van der Waals surface area contributed by atoms with Crippen molar-refractivity contribution in [1.29, 1.82) is 0 Å². The largest absolute Gasteiger partial charge is 0.494 e. The van der Waals surface area contributed by atoms with Crippen LogP contribution in [0.4, 0.5) is 27.5 Å². The number of anilines is 4. The molecule has 4 heterocycles. The molecule has 0 radical (unpaired) electrons. The quantitative estimate of drug-likeness (QED) is 0.458. The van der Waals surface area contributed by atoms with Crippen molar-refractivity contribution in [1.82, 2.24) is 19.9 Å². The van der Waals surface area contributed by atoms with Crippen LogP contribution in [0, 0.1) is 5.82 Å². The summed E-state index contributed by atoms with van der Waals surface area (Å²) in [4.78, 5) is 17.9. The Morgan fingerprint density at radius 2 is 2.00 bits per heavy atom. The van der Waals surface area contributed by atoms with E-state index in [1.54, 1.807) is 31.6 Å². The van der Waals surface area contributed by atoms with E-state index < -0.39 is 5.41 Å². The fraction of sp³-hybridized carbons (Fsp3) is 0.423. The lowest BCUT2D eigenvalue weighted by Gasteiger charge is -2.35. The van der Waals surface area contributed by atoms with Crippen LogP contribution in [-0.2, 0) is 5.41 Å². The van der Waals surface area contributed by atoms with E-state index in [9.17, 15) is 5.11 Å². The highest BCUT2D eigenvalue weighted by molar-refractivity contribution is 5.71. The van der Waals surface area contributed by atoms with Crippen LogP contribution in [0.1, 0.15) is 19.4 Å². The first-order valence-corrected chi connectivity index (χ1v) is 12.2. The molecule has 1 aromatic carbocycles. The number of hydrogen-bond acceptors (Lipinski definition) is 9. The average Bonchev–Trinajstić information content (AvgIpc) is 3.25. The predicted molar refractivity (Wildman–Crippen MR) is 139 cm³/mol. The Bertz CT molecular complexity index is 1250. The molecule has 0 bridgehead atoms. The standard InChI is InChI=1S/C26H32FN7O2/c1-4-33-7-9-34(10-8-33)22-13-23(36-3)21(12-19(22)27)32-25-28-6-5-20(31-25)17-11-18-24(29-14-17)30-15-26(18,2)16-35/h5-6,11-14,35H,4,7-10,15-16H2,1-3H3,(H,29,30)(H,28,31,32). The normalized spacial score (nSPS) is 19.6. The van der Waals surface area contributed by atoms with Crippen LogP contribution in [0.15, 0.2) is 36.7 Å². The number of aromatic nitrogens is 3. The highest BCUT2D eigenvalue weighted by atomic mass is 19.1. The van der Waals surface area contributed by atoms with Crippen molar-refractivity contribution in [2.24, 2.45) is 0 Å². The number of ether oxygens (including phenoxy) is 1. The summed E-state index contributed by atoms with van der Waals surface area (Å²) in [5.41, 5.74) is 3.01. The third-order valence-corrected chi connectivity index (χ3v) is 7.16. The zero-order valence-corrected chi connectivity index (χ0v) is 20.9. The van der Waals surface area contributed by atoms with Gasteiger partial charge in [-0.15, -0.1) is 0 Å². The van der Waals surface area contributed by atoms with Gasteiger partial charge in [0.25, 0.3) is 0 Å². The van der Waals surface area contributed by atoms with Crippen molar-refractivity contribution in [3.05, 3.63) is 48.0 Å². The smallest absolute Gasteiger partial charge is 0.227 e.